The third-order valence-corrected chi connectivity index (χ3v) is 2.22. The minimum atomic E-state index is -0.308. The van der Waals surface area contributed by atoms with E-state index in [2.05, 4.69) is 0 Å². The van der Waals surface area contributed by atoms with Gasteiger partial charge in [0, 0.05) is 17.3 Å². The first-order chi connectivity index (χ1) is 6.06. The van der Waals surface area contributed by atoms with Gasteiger partial charge in [-0.25, -0.2) is 4.39 Å². The molecule has 0 aromatic heterocycles. The molecule has 13 heavy (non-hydrogen) atoms. The van der Waals surface area contributed by atoms with E-state index in [0.717, 1.165) is 12.0 Å². The number of nitrogen functional groups attached to an aromatic ring is 1. The molecule has 72 valence electrons. The lowest BCUT2D eigenvalue weighted by atomic mass is 10.0. The highest BCUT2D eigenvalue weighted by Crippen LogP contribution is 2.22. The van der Waals surface area contributed by atoms with Crippen LogP contribution < -0.4 is 11.5 Å². The molecule has 1 rings (SSSR count). The van der Waals surface area contributed by atoms with Crippen molar-refractivity contribution in [3.8, 4) is 0 Å². The number of benzene rings is 1. The van der Waals surface area contributed by atoms with E-state index >= 15 is 0 Å². The first-order valence-corrected chi connectivity index (χ1v) is 4.37. The van der Waals surface area contributed by atoms with Crippen LogP contribution in [-0.4, -0.2) is 0 Å². The van der Waals surface area contributed by atoms with E-state index in [4.69, 9.17) is 11.5 Å². The number of nitrogens with two attached hydrogens (primary N) is 2. The van der Waals surface area contributed by atoms with Gasteiger partial charge in [0.2, 0.25) is 0 Å². The molecule has 0 unspecified atom stereocenters. The first-order valence-electron chi connectivity index (χ1n) is 4.37. The van der Waals surface area contributed by atoms with Gasteiger partial charge in [0.1, 0.15) is 5.82 Å². The summed E-state index contributed by atoms with van der Waals surface area (Å²) in [5.74, 6) is -0.308. The molecule has 0 aliphatic rings. The van der Waals surface area contributed by atoms with Gasteiger partial charge in [-0.3, -0.25) is 0 Å². The molecule has 4 N–H and O–H groups in total. The van der Waals surface area contributed by atoms with E-state index in [0.29, 0.717) is 11.3 Å². The van der Waals surface area contributed by atoms with Crippen molar-refractivity contribution in [1.29, 1.82) is 0 Å². The van der Waals surface area contributed by atoms with Crippen molar-refractivity contribution in [3.63, 3.8) is 0 Å². The summed E-state index contributed by atoms with van der Waals surface area (Å²) in [6.07, 6.45) is 0.722. The van der Waals surface area contributed by atoms with Crippen LogP contribution in [0.2, 0.25) is 0 Å². The Hall–Kier alpha value is -1.09. The summed E-state index contributed by atoms with van der Waals surface area (Å²) in [4.78, 5) is 0. The van der Waals surface area contributed by atoms with E-state index in [1.54, 1.807) is 6.07 Å². The molecule has 1 aromatic rings. The molecule has 1 aromatic carbocycles. The topological polar surface area (TPSA) is 52.0 Å². The zero-order valence-corrected chi connectivity index (χ0v) is 7.97. The normalized spacial score (nSPS) is 12.9. The highest BCUT2D eigenvalue weighted by Gasteiger charge is 2.10. The zero-order chi connectivity index (χ0) is 10.0. The van der Waals surface area contributed by atoms with Crippen LogP contribution in [-0.2, 0) is 0 Å². The molecular formula is C10H15FN2. The zero-order valence-electron chi connectivity index (χ0n) is 7.97. The van der Waals surface area contributed by atoms with Crippen LogP contribution in [0.1, 0.15) is 30.5 Å². The average Bonchev–Trinajstić information content (AvgIpc) is 2.10. The molecular weight excluding hydrogens is 167 g/mol. The van der Waals surface area contributed by atoms with Crippen molar-refractivity contribution in [1.82, 2.24) is 0 Å². The van der Waals surface area contributed by atoms with Gasteiger partial charge < -0.3 is 11.5 Å². The Bertz CT molecular complexity index is 310. The highest BCUT2D eigenvalue weighted by molar-refractivity contribution is 5.48. The molecule has 0 radical (unpaired) electrons. The van der Waals surface area contributed by atoms with Crippen molar-refractivity contribution in [2.45, 2.75) is 26.3 Å². The van der Waals surface area contributed by atoms with Gasteiger partial charge in [-0.15, -0.1) is 0 Å². The van der Waals surface area contributed by atoms with Crippen molar-refractivity contribution in [2.75, 3.05) is 5.73 Å². The van der Waals surface area contributed by atoms with E-state index in [-0.39, 0.29) is 11.9 Å². The van der Waals surface area contributed by atoms with Crippen molar-refractivity contribution in [2.24, 2.45) is 5.73 Å². The monoisotopic (exact) mass is 182 g/mol. The molecule has 0 amide bonds. The lowest BCUT2D eigenvalue weighted by molar-refractivity contribution is 0.575. The average molecular weight is 182 g/mol. The molecule has 3 heteroatoms. The van der Waals surface area contributed by atoms with E-state index < -0.39 is 0 Å². The Balaban J connectivity index is 3.15. The third kappa shape index (κ3) is 1.98. The molecule has 0 fully saturated rings. The number of hydrogen-bond donors (Lipinski definition) is 2. The summed E-state index contributed by atoms with van der Waals surface area (Å²) < 4.78 is 13.3. The Morgan fingerprint density at radius 2 is 2.08 bits per heavy atom. The summed E-state index contributed by atoms with van der Waals surface area (Å²) in [5, 5.41) is 0. The minimum Gasteiger partial charge on any atom is -0.398 e. The van der Waals surface area contributed by atoms with Gasteiger partial charge in [0.15, 0.2) is 0 Å². The molecule has 0 aliphatic heterocycles. The second kappa shape index (κ2) is 3.75. The maximum Gasteiger partial charge on any atom is 0.130 e. The van der Waals surface area contributed by atoms with Crippen molar-refractivity contribution < 1.29 is 4.39 Å². The standard InChI is InChI=1S/C10H15FN2/c1-3-9(12)7-4-6(2)10(13)5-8(7)11/h4-5,9H,3,12-13H2,1-2H3/t9-/m1/s1. The molecule has 2 nitrogen and oxygen atoms in total. The Morgan fingerprint density at radius 1 is 1.46 bits per heavy atom. The van der Waals surface area contributed by atoms with Gasteiger partial charge >= 0.3 is 0 Å². The Morgan fingerprint density at radius 3 is 2.62 bits per heavy atom. The molecule has 0 heterocycles. The fourth-order valence-corrected chi connectivity index (χ4v) is 1.22. The van der Waals surface area contributed by atoms with Crippen LogP contribution in [0.25, 0.3) is 0 Å². The maximum atomic E-state index is 13.3. The summed E-state index contributed by atoms with van der Waals surface area (Å²) in [6.45, 7) is 3.77. The largest absolute Gasteiger partial charge is 0.398 e. The van der Waals surface area contributed by atoms with E-state index in [1.165, 1.54) is 6.07 Å². The van der Waals surface area contributed by atoms with E-state index in [9.17, 15) is 4.39 Å². The van der Waals surface area contributed by atoms with Gasteiger partial charge in [0.25, 0.3) is 0 Å². The lowest BCUT2D eigenvalue weighted by Crippen LogP contribution is -2.11. The first kappa shape index (κ1) is 9.99. The number of halogens is 1. The maximum absolute atomic E-state index is 13.3. The predicted molar refractivity (Wildman–Crippen MR) is 52.8 cm³/mol. The molecule has 1 atom stereocenters. The van der Waals surface area contributed by atoms with Gasteiger partial charge in [0.05, 0.1) is 0 Å². The van der Waals surface area contributed by atoms with Crippen LogP contribution in [0.5, 0.6) is 0 Å². The van der Waals surface area contributed by atoms with Crippen LogP contribution in [0, 0.1) is 12.7 Å². The van der Waals surface area contributed by atoms with Crippen molar-refractivity contribution in [3.05, 3.63) is 29.1 Å². The summed E-state index contributed by atoms with van der Waals surface area (Å²) in [7, 11) is 0. The summed E-state index contributed by atoms with van der Waals surface area (Å²) >= 11 is 0. The number of aryl methyl sites for hydroxylation is 1. The highest BCUT2D eigenvalue weighted by atomic mass is 19.1. The molecule has 0 bridgehead atoms. The Kier molecular flexibility index (Phi) is 2.88. The molecule has 0 saturated carbocycles. The molecule has 0 saturated heterocycles. The fourth-order valence-electron chi connectivity index (χ4n) is 1.22. The van der Waals surface area contributed by atoms with Crippen LogP contribution in [0.3, 0.4) is 0 Å². The Labute approximate surface area is 77.7 Å². The third-order valence-electron chi connectivity index (χ3n) is 2.22. The number of anilines is 1. The molecule has 0 aliphatic carbocycles. The quantitative estimate of drug-likeness (QED) is 0.688. The predicted octanol–water partition coefficient (Wildman–Crippen LogP) is 2.13. The van der Waals surface area contributed by atoms with Crippen LogP contribution in [0.15, 0.2) is 12.1 Å². The summed E-state index contributed by atoms with van der Waals surface area (Å²) in [5.41, 5.74) is 13.2. The van der Waals surface area contributed by atoms with Gasteiger partial charge in [-0.05, 0) is 31.0 Å². The lowest BCUT2D eigenvalue weighted by Gasteiger charge is -2.12. The van der Waals surface area contributed by atoms with Crippen LogP contribution in [0.4, 0.5) is 10.1 Å². The molecule has 0 spiro atoms. The number of rotatable bonds is 2. The SMILES string of the molecule is CC[C@@H](N)c1cc(C)c(N)cc1F. The second-order valence-corrected chi connectivity index (χ2v) is 3.25. The minimum absolute atomic E-state index is 0.237. The summed E-state index contributed by atoms with van der Waals surface area (Å²) in [6, 6.07) is 2.82. The second-order valence-electron chi connectivity index (χ2n) is 3.25. The smallest absolute Gasteiger partial charge is 0.130 e. The number of hydrogen-bond acceptors (Lipinski definition) is 2. The van der Waals surface area contributed by atoms with Crippen LogP contribution >= 0.6 is 0 Å². The van der Waals surface area contributed by atoms with E-state index in [1.807, 2.05) is 13.8 Å². The van der Waals surface area contributed by atoms with Crippen molar-refractivity contribution >= 4 is 5.69 Å². The van der Waals surface area contributed by atoms with Gasteiger partial charge in [-0.2, -0.15) is 0 Å². The van der Waals surface area contributed by atoms with Gasteiger partial charge in [-0.1, -0.05) is 6.92 Å². The fraction of sp³-hybridized carbons (Fsp3) is 0.400.